The van der Waals surface area contributed by atoms with E-state index in [0.717, 1.165) is 16.9 Å². The Morgan fingerprint density at radius 2 is 1.52 bits per heavy atom. The van der Waals surface area contributed by atoms with Crippen molar-refractivity contribution in [3.63, 3.8) is 0 Å². The molecule has 5 nitrogen and oxygen atoms in total. The van der Waals surface area contributed by atoms with Crippen LogP contribution in [0.1, 0.15) is 6.92 Å². The van der Waals surface area contributed by atoms with Crippen LogP contribution in [0, 0.1) is 5.82 Å². The third-order valence-corrected chi connectivity index (χ3v) is 7.12. The minimum Gasteiger partial charge on any atom is -0.267 e. The zero-order chi connectivity index (χ0) is 23.6. The van der Waals surface area contributed by atoms with Crippen molar-refractivity contribution in [2.45, 2.75) is 16.7 Å². The van der Waals surface area contributed by atoms with Crippen LogP contribution in [0.3, 0.4) is 0 Å². The molecule has 0 bridgehead atoms. The molecule has 0 saturated carbocycles. The van der Waals surface area contributed by atoms with Crippen molar-refractivity contribution in [2.75, 3.05) is 12.0 Å². The molecule has 0 aliphatic carbocycles. The largest absolute Gasteiger partial charge is 0.279 e. The van der Waals surface area contributed by atoms with Gasteiger partial charge >= 0.3 is 0 Å². The molecule has 0 radical (unpaired) electrons. The summed E-state index contributed by atoms with van der Waals surface area (Å²) in [6, 6.07) is 19.5. The number of benzene rings is 3. The van der Waals surface area contributed by atoms with Gasteiger partial charge in [-0.3, -0.25) is 4.79 Å². The maximum atomic E-state index is 13.6. The second-order valence-corrected chi connectivity index (χ2v) is 10.7. The molecule has 0 atom stereocenters. The number of rotatable bonds is 6. The predicted octanol–water partition coefficient (Wildman–Crippen LogP) is 5.22. The predicted molar refractivity (Wildman–Crippen MR) is 130 cm³/mol. The van der Waals surface area contributed by atoms with Crippen LogP contribution in [-0.4, -0.2) is 30.2 Å². The van der Waals surface area contributed by atoms with Gasteiger partial charge in [-0.2, -0.15) is 9.78 Å². The van der Waals surface area contributed by atoms with Gasteiger partial charge in [0.2, 0.25) is 0 Å². The van der Waals surface area contributed by atoms with Gasteiger partial charge in [0.1, 0.15) is 5.82 Å². The Hall–Kier alpha value is -3.23. The van der Waals surface area contributed by atoms with E-state index in [1.54, 1.807) is 42.2 Å². The van der Waals surface area contributed by atoms with E-state index < -0.39 is 15.7 Å². The van der Waals surface area contributed by atoms with Gasteiger partial charge in [-0.1, -0.05) is 31.2 Å². The van der Waals surface area contributed by atoms with Crippen LogP contribution in [0.25, 0.3) is 27.9 Å². The van der Waals surface area contributed by atoms with E-state index >= 15 is 0 Å². The number of hydrogen-bond acceptors (Lipinski definition) is 5. The standard InChI is InChI=1S/C25H21FN2O3S2/c1-3-32-21-12-10-20(11-13-21)28-25(29)24(18-4-8-19(26)9-5-18)23(16-27-28)17-6-14-22(15-7-17)33(2,30)31/h4-16H,3H2,1-2H3. The lowest BCUT2D eigenvalue weighted by molar-refractivity contribution is 0.602. The van der Waals surface area contributed by atoms with Crippen molar-refractivity contribution >= 4 is 21.6 Å². The van der Waals surface area contributed by atoms with E-state index in [1.807, 2.05) is 24.3 Å². The highest BCUT2D eigenvalue weighted by molar-refractivity contribution is 7.99. The molecule has 168 valence electrons. The Bertz CT molecular complexity index is 1450. The van der Waals surface area contributed by atoms with Gasteiger partial charge in [0.05, 0.1) is 22.3 Å². The summed E-state index contributed by atoms with van der Waals surface area (Å²) in [5, 5.41) is 4.38. The fourth-order valence-electron chi connectivity index (χ4n) is 3.48. The quantitative estimate of drug-likeness (QED) is 0.354. The summed E-state index contributed by atoms with van der Waals surface area (Å²) in [6.07, 6.45) is 2.71. The zero-order valence-corrected chi connectivity index (χ0v) is 19.7. The normalized spacial score (nSPS) is 11.5. The van der Waals surface area contributed by atoms with Gasteiger partial charge in [-0.05, 0) is 65.4 Å². The molecular weight excluding hydrogens is 459 g/mol. The third kappa shape index (κ3) is 4.91. The van der Waals surface area contributed by atoms with Crippen LogP contribution in [0.2, 0.25) is 0 Å². The molecule has 1 aromatic heterocycles. The molecule has 3 aromatic carbocycles. The smallest absolute Gasteiger partial charge is 0.267 e. The average Bonchev–Trinajstić information content (AvgIpc) is 2.80. The first-order valence-corrected chi connectivity index (χ1v) is 13.1. The SMILES string of the molecule is CCSc1ccc(-n2ncc(-c3ccc(S(C)(=O)=O)cc3)c(-c3ccc(F)cc3)c2=O)cc1. The van der Waals surface area contributed by atoms with Crippen LogP contribution in [0.15, 0.2) is 93.6 Å². The molecule has 0 aliphatic rings. The average molecular weight is 481 g/mol. The van der Waals surface area contributed by atoms with E-state index in [2.05, 4.69) is 12.0 Å². The first kappa shape index (κ1) is 22.9. The monoisotopic (exact) mass is 480 g/mol. The maximum absolute atomic E-state index is 13.6. The van der Waals surface area contributed by atoms with Crippen LogP contribution < -0.4 is 5.56 Å². The Morgan fingerprint density at radius 3 is 2.09 bits per heavy atom. The van der Waals surface area contributed by atoms with Crippen LogP contribution in [0.5, 0.6) is 0 Å². The molecule has 0 N–H and O–H groups in total. The molecule has 0 spiro atoms. The molecular formula is C25H21FN2O3S2. The number of aromatic nitrogens is 2. The minimum absolute atomic E-state index is 0.181. The first-order chi connectivity index (χ1) is 15.8. The van der Waals surface area contributed by atoms with E-state index in [1.165, 1.54) is 28.9 Å². The Kier molecular flexibility index (Phi) is 6.49. The molecule has 0 amide bonds. The molecule has 4 aromatic rings. The van der Waals surface area contributed by atoms with Gasteiger partial charge in [0.25, 0.3) is 5.56 Å². The summed E-state index contributed by atoms with van der Waals surface area (Å²) in [5.41, 5.74) is 2.31. The minimum atomic E-state index is -3.35. The lowest BCUT2D eigenvalue weighted by Crippen LogP contribution is -2.23. The summed E-state index contributed by atoms with van der Waals surface area (Å²) >= 11 is 1.70. The molecule has 8 heteroatoms. The van der Waals surface area contributed by atoms with Crippen LogP contribution >= 0.6 is 11.8 Å². The lowest BCUT2D eigenvalue weighted by Gasteiger charge is -2.13. The van der Waals surface area contributed by atoms with Gasteiger partial charge in [-0.25, -0.2) is 12.8 Å². The maximum Gasteiger partial charge on any atom is 0.279 e. The van der Waals surface area contributed by atoms with Gasteiger partial charge in [0.15, 0.2) is 9.84 Å². The number of thioether (sulfide) groups is 1. The van der Waals surface area contributed by atoms with Gasteiger partial charge in [-0.15, -0.1) is 11.8 Å². The summed E-state index contributed by atoms with van der Waals surface area (Å²) in [6.45, 7) is 2.07. The zero-order valence-electron chi connectivity index (χ0n) is 18.0. The van der Waals surface area contributed by atoms with E-state index in [-0.39, 0.29) is 10.5 Å². The number of hydrogen-bond donors (Lipinski definition) is 0. The van der Waals surface area contributed by atoms with Crippen LogP contribution in [0.4, 0.5) is 4.39 Å². The van der Waals surface area contributed by atoms with Gasteiger partial charge < -0.3 is 0 Å². The number of nitrogens with zero attached hydrogens (tertiary/aromatic N) is 2. The van der Waals surface area contributed by atoms with Gasteiger partial charge in [0, 0.05) is 16.7 Å². The second-order valence-electron chi connectivity index (χ2n) is 7.38. The highest BCUT2D eigenvalue weighted by Gasteiger charge is 2.17. The summed E-state index contributed by atoms with van der Waals surface area (Å²) in [7, 11) is -3.35. The topological polar surface area (TPSA) is 69.0 Å². The van der Waals surface area contributed by atoms with Crippen LogP contribution in [-0.2, 0) is 9.84 Å². The number of sulfone groups is 1. The Morgan fingerprint density at radius 1 is 0.909 bits per heavy atom. The fourth-order valence-corrected chi connectivity index (χ4v) is 4.78. The number of halogens is 1. The highest BCUT2D eigenvalue weighted by atomic mass is 32.2. The Labute approximate surface area is 195 Å². The second kappa shape index (κ2) is 9.33. The molecule has 33 heavy (non-hydrogen) atoms. The lowest BCUT2D eigenvalue weighted by atomic mass is 9.97. The van der Waals surface area contributed by atoms with Crippen molar-refractivity contribution < 1.29 is 12.8 Å². The summed E-state index contributed by atoms with van der Waals surface area (Å²) < 4.78 is 38.5. The van der Waals surface area contributed by atoms with E-state index in [9.17, 15) is 17.6 Å². The molecule has 1 heterocycles. The van der Waals surface area contributed by atoms with Crippen molar-refractivity contribution in [3.05, 3.63) is 95.2 Å². The fraction of sp³-hybridized carbons (Fsp3) is 0.120. The molecule has 0 saturated heterocycles. The van der Waals surface area contributed by atoms with Crippen molar-refractivity contribution in [1.29, 1.82) is 0 Å². The van der Waals surface area contributed by atoms with Crippen molar-refractivity contribution in [1.82, 2.24) is 9.78 Å². The Balaban J connectivity index is 1.89. The molecule has 0 unspecified atom stereocenters. The molecule has 0 aliphatic heterocycles. The highest BCUT2D eigenvalue weighted by Crippen LogP contribution is 2.30. The van der Waals surface area contributed by atoms with E-state index in [0.29, 0.717) is 27.9 Å². The molecule has 4 rings (SSSR count). The first-order valence-electron chi connectivity index (χ1n) is 10.2. The van der Waals surface area contributed by atoms with E-state index in [4.69, 9.17) is 0 Å². The molecule has 0 fully saturated rings. The third-order valence-electron chi connectivity index (χ3n) is 5.10. The summed E-state index contributed by atoms with van der Waals surface area (Å²) in [4.78, 5) is 14.9. The van der Waals surface area contributed by atoms with Crippen molar-refractivity contribution in [2.24, 2.45) is 0 Å². The van der Waals surface area contributed by atoms with Crippen molar-refractivity contribution in [3.8, 4) is 27.9 Å². The summed E-state index contributed by atoms with van der Waals surface area (Å²) in [5.74, 6) is 0.537.